The maximum absolute atomic E-state index is 8.76. The van der Waals surface area contributed by atoms with Crippen LogP contribution in [-0.4, -0.2) is 24.3 Å². The third kappa shape index (κ3) is 9.17. The molecule has 0 aromatic carbocycles. The SMILES string of the molecule is CCCCCC(C)(C)CNC(C)CCCO. The van der Waals surface area contributed by atoms with Gasteiger partial charge in [0.2, 0.25) is 0 Å². The molecule has 2 N–H and O–H groups in total. The van der Waals surface area contributed by atoms with Crippen molar-refractivity contribution >= 4 is 0 Å². The molecular formula is C14H31NO. The molecule has 0 amide bonds. The molecule has 0 heterocycles. The van der Waals surface area contributed by atoms with Gasteiger partial charge in [0, 0.05) is 19.2 Å². The molecule has 0 rings (SSSR count). The third-order valence-corrected chi connectivity index (χ3v) is 3.18. The predicted molar refractivity (Wildman–Crippen MR) is 71.7 cm³/mol. The number of hydrogen-bond donors (Lipinski definition) is 2. The molecule has 0 aliphatic heterocycles. The summed E-state index contributed by atoms with van der Waals surface area (Å²) in [6.45, 7) is 10.5. The molecule has 2 nitrogen and oxygen atoms in total. The van der Waals surface area contributed by atoms with Gasteiger partial charge in [-0.3, -0.25) is 0 Å². The molecule has 16 heavy (non-hydrogen) atoms. The molecule has 0 radical (unpaired) electrons. The lowest BCUT2D eigenvalue weighted by Gasteiger charge is -2.27. The first-order chi connectivity index (χ1) is 7.52. The van der Waals surface area contributed by atoms with Gasteiger partial charge >= 0.3 is 0 Å². The quantitative estimate of drug-likeness (QED) is 0.563. The van der Waals surface area contributed by atoms with Crippen molar-refractivity contribution < 1.29 is 5.11 Å². The van der Waals surface area contributed by atoms with E-state index in [1.165, 1.54) is 25.7 Å². The first-order valence-corrected chi connectivity index (χ1v) is 6.86. The van der Waals surface area contributed by atoms with Gasteiger partial charge in [-0.25, -0.2) is 0 Å². The maximum Gasteiger partial charge on any atom is 0.0431 e. The second kappa shape index (κ2) is 9.00. The molecule has 0 spiro atoms. The van der Waals surface area contributed by atoms with E-state index in [-0.39, 0.29) is 0 Å². The van der Waals surface area contributed by atoms with Crippen LogP contribution in [0.2, 0.25) is 0 Å². The zero-order valence-corrected chi connectivity index (χ0v) is 11.7. The number of nitrogens with one attached hydrogen (secondary N) is 1. The predicted octanol–water partition coefficient (Wildman–Crippen LogP) is 3.34. The van der Waals surface area contributed by atoms with Crippen molar-refractivity contribution in [3.8, 4) is 0 Å². The summed E-state index contributed by atoms with van der Waals surface area (Å²) in [6.07, 6.45) is 7.28. The molecule has 0 saturated heterocycles. The Bertz CT molecular complexity index is 157. The van der Waals surface area contributed by atoms with Gasteiger partial charge < -0.3 is 10.4 Å². The highest BCUT2D eigenvalue weighted by Gasteiger charge is 2.17. The molecule has 0 saturated carbocycles. The highest BCUT2D eigenvalue weighted by molar-refractivity contribution is 4.73. The Balaban J connectivity index is 3.62. The normalized spacial score (nSPS) is 14.1. The Morgan fingerprint density at radius 1 is 1.19 bits per heavy atom. The first-order valence-electron chi connectivity index (χ1n) is 6.86. The summed E-state index contributed by atoms with van der Waals surface area (Å²) < 4.78 is 0. The fraction of sp³-hybridized carbons (Fsp3) is 1.00. The molecule has 1 unspecified atom stereocenters. The average molecular weight is 229 g/mol. The van der Waals surface area contributed by atoms with E-state index >= 15 is 0 Å². The van der Waals surface area contributed by atoms with Crippen LogP contribution in [0.4, 0.5) is 0 Å². The lowest BCUT2D eigenvalue weighted by atomic mass is 9.86. The van der Waals surface area contributed by atoms with E-state index in [4.69, 9.17) is 5.11 Å². The lowest BCUT2D eigenvalue weighted by molar-refractivity contribution is 0.261. The fourth-order valence-electron chi connectivity index (χ4n) is 1.89. The third-order valence-electron chi connectivity index (χ3n) is 3.18. The Morgan fingerprint density at radius 2 is 1.88 bits per heavy atom. The zero-order valence-electron chi connectivity index (χ0n) is 11.7. The minimum Gasteiger partial charge on any atom is -0.396 e. The number of unbranched alkanes of at least 4 members (excludes halogenated alkanes) is 2. The molecule has 0 fully saturated rings. The van der Waals surface area contributed by atoms with Gasteiger partial charge in [-0.2, -0.15) is 0 Å². The summed E-state index contributed by atoms with van der Waals surface area (Å²) in [5.41, 5.74) is 0.405. The smallest absolute Gasteiger partial charge is 0.0431 e. The van der Waals surface area contributed by atoms with Gasteiger partial charge in [0.15, 0.2) is 0 Å². The Hall–Kier alpha value is -0.0800. The van der Waals surface area contributed by atoms with E-state index < -0.39 is 0 Å². The fourth-order valence-corrected chi connectivity index (χ4v) is 1.89. The largest absolute Gasteiger partial charge is 0.396 e. The molecule has 98 valence electrons. The van der Waals surface area contributed by atoms with Crippen molar-refractivity contribution in [2.24, 2.45) is 5.41 Å². The summed E-state index contributed by atoms with van der Waals surface area (Å²) in [4.78, 5) is 0. The van der Waals surface area contributed by atoms with Gasteiger partial charge in [-0.1, -0.05) is 40.0 Å². The minimum atomic E-state index is 0.311. The maximum atomic E-state index is 8.76. The van der Waals surface area contributed by atoms with Crippen LogP contribution in [0.25, 0.3) is 0 Å². The summed E-state index contributed by atoms with van der Waals surface area (Å²) in [7, 11) is 0. The van der Waals surface area contributed by atoms with Gasteiger partial charge in [0.25, 0.3) is 0 Å². The van der Waals surface area contributed by atoms with Gasteiger partial charge in [0.1, 0.15) is 0 Å². The molecule has 0 aliphatic carbocycles. The van der Waals surface area contributed by atoms with E-state index in [2.05, 4.69) is 33.0 Å². The number of aliphatic hydroxyl groups is 1. The van der Waals surface area contributed by atoms with Crippen LogP contribution in [0.3, 0.4) is 0 Å². The molecule has 0 aromatic rings. The minimum absolute atomic E-state index is 0.311. The average Bonchev–Trinajstić information content (AvgIpc) is 2.24. The van der Waals surface area contributed by atoms with Crippen LogP contribution in [0, 0.1) is 5.41 Å². The van der Waals surface area contributed by atoms with Crippen LogP contribution in [0.1, 0.15) is 66.2 Å². The van der Waals surface area contributed by atoms with Crippen LogP contribution in [-0.2, 0) is 0 Å². The van der Waals surface area contributed by atoms with Crippen molar-refractivity contribution in [3.63, 3.8) is 0 Å². The molecule has 0 aliphatic rings. The molecule has 0 bridgehead atoms. The van der Waals surface area contributed by atoms with E-state index in [9.17, 15) is 0 Å². The molecular weight excluding hydrogens is 198 g/mol. The van der Waals surface area contributed by atoms with Crippen molar-refractivity contribution in [1.29, 1.82) is 0 Å². The first kappa shape index (κ1) is 15.9. The van der Waals surface area contributed by atoms with E-state index in [1.807, 2.05) is 0 Å². The van der Waals surface area contributed by atoms with Gasteiger partial charge in [0.05, 0.1) is 0 Å². The second-order valence-corrected chi connectivity index (χ2v) is 5.77. The summed E-state index contributed by atoms with van der Waals surface area (Å²) in [6, 6.07) is 0.526. The molecule has 0 aromatic heterocycles. The van der Waals surface area contributed by atoms with E-state index in [0.29, 0.717) is 18.1 Å². The summed E-state index contributed by atoms with van der Waals surface area (Å²) in [5.74, 6) is 0. The summed E-state index contributed by atoms with van der Waals surface area (Å²) >= 11 is 0. The summed E-state index contributed by atoms with van der Waals surface area (Å²) in [5, 5.41) is 12.3. The molecule has 1 atom stereocenters. The van der Waals surface area contributed by atoms with E-state index in [0.717, 1.165) is 19.4 Å². The van der Waals surface area contributed by atoms with Crippen LogP contribution >= 0.6 is 0 Å². The number of hydrogen-bond acceptors (Lipinski definition) is 2. The van der Waals surface area contributed by atoms with Crippen molar-refractivity contribution in [1.82, 2.24) is 5.32 Å². The Kier molecular flexibility index (Phi) is 8.96. The zero-order chi connectivity index (χ0) is 12.4. The number of aliphatic hydroxyl groups excluding tert-OH is 1. The second-order valence-electron chi connectivity index (χ2n) is 5.77. The van der Waals surface area contributed by atoms with E-state index in [1.54, 1.807) is 0 Å². The molecule has 2 heteroatoms. The van der Waals surface area contributed by atoms with Crippen LogP contribution in [0.5, 0.6) is 0 Å². The Labute approximate surface area is 102 Å². The topological polar surface area (TPSA) is 32.3 Å². The highest BCUT2D eigenvalue weighted by Crippen LogP contribution is 2.22. The highest BCUT2D eigenvalue weighted by atomic mass is 16.2. The van der Waals surface area contributed by atoms with Gasteiger partial charge in [-0.15, -0.1) is 0 Å². The monoisotopic (exact) mass is 229 g/mol. The van der Waals surface area contributed by atoms with Crippen molar-refractivity contribution in [3.05, 3.63) is 0 Å². The number of rotatable bonds is 10. The van der Waals surface area contributed by atoms with Crippen LogP contribution < -0.4 is 5.32 Å². The van der Waals surface area contributed by atoms with Crippen LogP contribution in [0.15, 0.2) is 0 Å². The van der Waals surface area contributed by atoms with Crippen molar-refractivity contribution in [2.45, 2.75) is 72.3 Å². The van der Waals surface area contributed by atoms with Crippen molar-refractivity contribution in [2.75, 3.05) is 13.2 Å². The van der Waals surface area contributed by atoms with Gasteiger partial charge in [-0.05, 0) is 31.6 Å². The lowest BCUT2D eigenvalue weighted by Crippen LogP contribution is -2.35. The Morgan fingerprint density at radius 3 is 2.44 bits per heavy atom. The standard InChI is InChI=1S/C14H31NO/c1-5-6-7-10-14(3,4)12-15-13(2)9-8-11-16/h13,15-16H,5-12H2,1-4H3.